The second-order valence-corrected chi connectivity index (χ2v) is 10.9. The molecule has 1 heterocycles. The highest BCUT2D eigenvalue weighted by Crippen LogP contribution is 2.30. The van der Waals surface area contributed by atoms with Gasteiger partial charge in [-0.2, -0.15) is 0 Å². The molecule has 0 spiro atoms. The van der Waals surface area contributed by atoms with Crippen LogP contribution in [0.3, 0.4) is 0 Å². The highest BCUT2D eigenvalue weighted by molar-refractivity contribution is 5.95. The molecule has 1 aliphatic rings. The standard InChI is InChI=1S/C29H39N5O2/c1-29(2,30)18-8-4-5-11-26(35)31-22-15-12-21(19-22)28(36)34(3)23-16-13-20(14-17-23)27-32-24-9-6-7-10-25(24)33-27/h6-7,9-10,13-14,16-17,21-22H,4-5,8,11-12,15,18-19,30H2,1-3H3,(H,31,35)(H,32,33)/t21-,22+/m1/s1. The number of nitrogens with zero attached hydrogens (tertiary/aromatic N) is 2. The number of amides is 2. The SMILES string of the molecule is CN(C(=O)[C@@H]1CC[C@H](NC(=O)CCCCCC(C)(C)N)C1)c1ccc(-c2nc3ccccc3[nH]2)cc1. The lowest BCUT2D eigenvalue weighted by Crippen LogP contribution is -2.35. The minimum absolute atomic E-state index is 0.0675. The van der Waals surface area contributed by atoms with E-state index in [1.54, 1.807) is 4.90 Å². The van der Waals surface area contributed by atoms with Gasteiger partial charge in [-0.25, -0.2) is 4.98 Å². The van der Waals surface area contributed by atoms with E-state index in [1.165, 1.54) is 0 Å². The number of unbranched alkanes of at least 4 members (excludes halogenated alkanes) is 2. The second-order valence-electron chi connectivity index (χ2n) is 10.9. The number of hydrogen-bond acceptors (Lipinski definition) is 4. The number of H-pyrrole nitrogens is 1. The first-order valence-corrected chi connectivity index (χ1v) is 13.1. The molecule has 1 saturated carbocycles. The molecule has 1 fully saturated rings. The summed E-state index contributed by atoms with van der Waals surface area (Å²) in [4.78, 5) is 35.2. The van der Waals surface area contributed by atoms with Crippen molar-refractivity contribution < 1.29 is 9.59 Å². The number of aromatic nitrogens is 2. The van der Waals surface area contributed by atoms with Crippen LogP contribution in [-0.2, 0) is 9.59 Å². The summed E-state index contributed by atoms with van der Waals surface area (Å²) in [6.07, 6.45) is 6.80. The molecule has 36 heavy (non-hydrogen) atoms. The maximum absolute atomic E-state index is 13.2. The predicted molar refractivity (Wildman–Crippen MR) is 146 cm³/mol. The van der Waals surface area contributed by atoms with Gasteiger partial charge in [0.2, 0.25) is 11.8 Å². The van der Waals surface area contributed by atoms with E-state index >= 15 is 0 Å². The molecule has 1 aliphatic carbocycles. The number of anilines is 1. The summed E-state index contributed by atoms with van der Waals surface area (Å²) in [6.45, 7) is 4.07. The number of rotatable bonds is 10. The molecule has 2 atom stereocenters. The molecule has 2 aromatic carbocycles. The molecule has 3 aromatic rings. The number of aromatic amines is 1. The molecule has 4 N–H and O–H groups in total. The van der Waals surface area contributed by atoms with E-state index in [0.717, 1.165) is 66.6 Å². The summed E-state index contributed by atoms with van der Waals surface area (Å²) in [5.41, 5.74) is 9.64. The zero-order valence-corrected chi connectivity index (χ0v) is 21.7. The molecular formula is C29H39N5O2. The first kappa shape index (κ1) is 25.9. The van der Waals surface area contributed by atoms with E-state index in [1.807, 2.05) is 69.4 Å². The van der Waals surface area contributed by atoms with Gasteiger partial charge in [0.05, 0.1) is 11.0 Å². The third-order valence-corrected chi connectivity index (χ3v) is 7.12. The van der Waals surface area contributed by atoms with Crippen molar-refractivity contribution in [1.29, 1.82) is 0 Å². The van der Waals surface area contributed by atoms with Crippen molar-refractivity contribution in [1.82, 2.24) is 15.3 Å². The van der Waals surface area contributed by atoms with Gasteiger partial charge in [-0.3, -0.25) is 9.59 Å². The maximum atomic E-state index is 13.2. The Hall–Kier alpha value is -3.19. The minimum Gasteiger partial charge on any atom is -0.353 e. The smallest absolute Gasteiger partial charge is 0.229 e. The first-order valence-electron chi connectivity index (χ1n) is 13.1. The normalized spacial score (nSPS) is 17.9. The summed E-state index contributed by atoms with van der Waals surface area (Å²) < 4.78 is 0. The Bertz CT molecular complexity index is 1150. The average molecular weight is 490 g/mol. The van der Waals surface area contributed by atoms with Gasteiger partial charge in [-0.1, -0.05) is 25.0 Å². The van der Waals surface area contributed by atoms with E-state index in [2.05, 4.69) is 15.3 Å². The van der Waals surface area contributed by atoms with Crippen molar-refractivity contribution >= 4 is 28.5 Å². The zero-order valence-electron chi connectivity index (χ0n) is 21.7. The zero-order chi connectivity index (χ0) is 25.7. The van der Waals surface area contributed by atoms with Gasteiger partial charge >= 0.3 is 0 Å². The van der Waals surface area contributed by atoms with Gasteiger partial charge in [0.25, 0.3) is 0 Å². The summed E-state index contributed by atoms with van der Waals surface area (Å²) in [6, 6.07) is 15.9. The van der Waals surface area contributed by atoms with Crippen molar-refractivity contribution in [3.8, 4) is 11.4 Å². The maximum Gasteiger partial charge on any atom is 0.229 e. The average Bonchev–Trinajstić information content (AvgIpc) is 3.49. The highest BCUT2D eigenvalue weighted by Gasteiger charge is 2.32. The highest BCUT2D eigenvalue weighted by atomic mass is 16.2. The molecule has 0 unspecified atom stereocenters. The lowest BCUT2D eigenvalue weighted by Gasteiger charge is -2.21. The van der Waals surface area contributed by atoms with Gasteiger partial charge < -0.3 is 20.9 Å². The number of nitrogens with one attached hydrogen (secondary N) is 2. The predicted octanol–water partition coefficient (Wildman–Crippen LogP) is 5.17. The monoisotopic (exact) mass is 489 g/mol. The Morgan fingerprint density at radius 2 is 1.83 bits per heavy atom. The molecule has 7 nitrogen and oxygen atoms in total. The van der Waals surface area contributed by atoms with Crippen molar-refractivity contribution in [2.24, 2.45) is 11.7 Å². The molecule has 0 radical (unpaired) electrons. The molecule has 7 heteroatoms. The number of para-hydroxylation sites is 2. The molecule has 0 bridgehead atoms. The van der Waals surface area contributed by atoms with Crippen LogP contribution < -0.4 is 16.0 Å². The molecular weight excluding hydrogens is 450 g/mol. The topological polar surface area (TPSA) is 104 Å². The number of benzene rings is 2. The molecule has 2 amide bonds. The number of nitrogens with two attached hydrogens (primary N) is 1. The van der Waals surface area contributed by atoms with Crippen molar-refractivity contribution in [2.75, 3.05) is 11.9 Å². The molecule has 0 aliphatic heterocycles. The van der Waals surface area contributed by atoms with Crippen LogP contribution in [-0.4, -0.2) is 40.4 Å². The van der Waals surface area contributed by atoms with E-state index in [0.29, 0.717) is 12.8 Å². The van der Waals surface area contributed by atoms with Crippen LogP contribution >= 0.6 is 0 Å². The van der Waals surface area contributed by atoms with Crippen LogP contribution in [0.2, 0.25) is 0 Å². The van der Waals surface area contributed by atoms with Crippen molar-refractivity contribution in [3.05, 3.63) is 48.5 Å². The Balaban J connectivity index is 1.24. The third kappa shape index (κ3) is 6.72. The van der Waals surface area contributed by atoms with Crippen LogP contribution in [0.4, 0.5) is 5.69 Å². The molecule has 4 rings (SSSR count). The van der Waals surface area contributed by atoms with Crippen LogP contribution in [0.25, 0.3) is 22.4 Å². The Kier molecular flexibility index (Phi) is 8.09. The fourth-order valence-electron chi connectivity index (χ4n) is 5.01. The third-order valence-electron chi connectivity index (χ3n) is 7.12. The number of carbonyl (C=O) groups excluding carboxylic acids is 2. The Labute approximate surface area is 213 Å². The van der Waals surface area contributed by atoms with Crippen molar-refractivity contribution in [2.45, 2.75) is 76.8 Å². The Morgan fingerprint density at radius 3 is 2.56 bits per heavy atom. The van der Waals surface area contributed by atoms with Crippen LogP contribution in [0.15, 0.2) is 48.5 Å². The summed E-state index contributed by atoms with van der Waals surface area (Å²) in [7, 11) is 1.83. The summed E-state index contributed by atoms with van der Waals surface area (Å²) in [5, 5.41) is 3.14. The Morgan fingerprint density at radius 1 is 1.08 bits per heavy atom. The van der Waals surface area contributed by atoms with Gasteiger partial charge in [0, 0.05) is 42.2 Å². The summed E-state index contributed by atoms with van der Waals surface area (Å²) >= 11 is 0. The van der Waals surface area contributed by atoms with Gasteiger partial charge in [-0.15, -0.1) is 0 Å². The van der Waals surface area contributed by atoms with Crippen LogP contribution in [0.5, 0.6) is 0 Å². The van der Waals surface area contributed by atoms with Crippen molar-refractivity contribution in [3.63, 3.8) is 0 Å². The van der Waals surface area contributed by atoms with E-state index in [9.17, 15) is 9.59 Å². The van der Waals surface area contributed by atoms with Crippen LogP contribution in [0, 0.1) is 5.92 Å². The van der Waals surface area contributed by atoms with E-state index < -0.39 is 0 Å². The number of imidazole rings is 1. The molecule has 0 saturated heterocycles. The van der Waals surface area contributed by atoms with E-state index in [4.69, 9.17) is 5.73 Å². The first-order chi connectivity index (χ1) is 17.2. The quantitative estimate of drug-likeness (QED) is 0.342. The lowest BCUT2D eigenvalue weighted by molar-refractivity contribution is -0.123. The van der Waals surface area contributed by atoms with Gasteiger partial charge in [0.1, 0.15) is 5.82 Å². The number of hydrogen-bond donors (Lipinski definition) is 3. The fraction of sp³-hybridized carbons (Fsp3) is 0.483. The van der Waals surface area contributed by atoms with Gasteiger partial charge in [0.15, 0.2) is 0 Å². The van der Waals surface area contributed by atoms with Crippen LogP contribution in [0.1, 0.15) is 65.2 Å². The second kappa shape index (κ2) is 11.2. The van der Waals surface area contributed by atoms with Gasteiger partial charge in [-0.05, 0) is 82.3 Å². The van der Waals surface area contributed by atoms with E-state index in [-0.39, 0.29) is 29.3 Å². The minimum atomic E-state index is -0.141. The number of carbonyl (C=O) groups is 2. The summed E-state index contributed by atoms with van der Waals surface area (Å²) in [5.74, 6) is 0.943. The lowest BCUT2D eigenvalue weighted by atomic mass is 9.98. The molecule has 1 aromatic heterocycles. The number of fused-ring (bicyclic) bond motifs is 1. The molecule has 192 valence electrons. The fourth-order valence-corrected chi connectivity index (χ4v) is 5.01. The largest absolute Gasteiger partial charge is 0.353 e.